The number of carbonyl (C=O) groups is 2. The van der Waals surface area contributed by atoms with Gasteiger partial charge in [0.05, 0.1) is 17.0 Å². The van der Waals surface area contributed by atoms with Crippen LogP contribution in [0.1, 0.15) is 16.8 Å². The normalized spacial score (nSPS) is 17.3. The van der Waals surface area contributed by atoms with Crippen LogP contribution in [0.3, 0.4) is 0 Å². The molecule has 0 aliphatic carbocycles. The molecule has 7 nitrogen and oxygen atoms in total. The molecule has 1 aromatic carbocycles. The molecule has 108 valence electrons. The van der Waals surface area contributed by atoms with Crippen LogP contribution in [-0.2, 0) is 14.8 Å². The maximum atomic E-state index is 12.4. The number of carbonyl (C=O) groups excluding carboxylic acids is 1. The molecule has 0 atom stereocenters. The summed E-state index contributed by atoms with van der Waals surface area (Å²) < 4.78 is 25.9. The van der Waals surface area contributed by atoms with E-state index >= 15 is 0 Å². The number of sulfonamides is 1. The van der Waals surface area contributed by atoms with Crippen molar-refractivity contribution in [3.8, 4) is 0 Å². The van der Waals surface area contributed by atoms with E-state index in [9.17, 15) is 18.0 Å². The number of hydrogen-bond donors (Lipinski definition) is 2. The second-order valence-electron chi connectivity index (χ2n) is 4.38. The second kappa shape index (κ2) is 5.59. The van der Waals surface area contributed by atoms with E-state index in [1.54, 1.807) is 0 Å². The van der Waals surface area contributed by atoms with Crippen LogP contribution in [0.15, 0.2) is 29.2 Å². The highest BCUT2D eigenvalue weighted by molar-refractivity contribution is 7.89. The van der Waals surface area contributed by atoms with E-state index in [1.807, 2.05) is 0 Å². The summed E-state index contributed by atoms with van der Waals surface area (Å²) in [5, 5.41) is 11.5. The minimum Gasteiger partial charge on any atom is -0.478 e. The summed E-state index contributed by atoms with van der Waals surface area (Å²) in [7, 11) is -3.87. The molecule has 8 heteroatoms. The summed E-state index contributed by atoms with van der Waals surface area (Å²) >= 11 is 0. The Morgan fingerprint density at radius 2 is 2.10 bits per heavy atom. The summed E-state index contributed by atoms with van der Waals surface area (Å²) in [5.41, 5.74) is -0.106. The number of benzene rings is 1. The van der Waals surface area contributed by atoms with Crippen LogP contribution >= 0.6 is 0 Å². The van der Waals surface area contributed by atoms with Gasteiger partial charge in [0.15, 0.2) is 0 Å². The highest BCUT2D eigenvalue weighted by Gasteiger charge is 2.28. The third-order valence-corrected chi connectivity index (χ3v) is 4.79. The molecular weight excluding hydrogens is 284 g/mol. The van der Waals surface area contributed by atoms with E-state index in [0.29, 0.717) is 13.0 Å². The standard InChI is InChI=1S/C12H14N2O5S/c15-11-8-14(6-2-5-13-11)20(18,19)10-4-1-3-9(7-10)12(16)17/h1,3-4,7H,2,5-6,8H2,(H,13,15)(H,16,17). The van der Waals surface area contributed by atoms with Gasteiger partial charge >= 0.3 is 5.97 Å². The van der Waals surface area contributed by atoms with Crippen molar-refractivity contribution in [1.29, 1.82) is 0 Å². The van der Waals surface area contributed by atoms with Gasteiger partial charge in [0.2, 0.25) is 15.9 Å². The maximum Gasteiger partial charge on any atom is 0.335 e. The third kappa shape index (κ3) is 2.97. The summed E-state index contributed by atoms with van der Waals surface area (Å²) in [6, 6.07) is 5.11. The van der Waals surface area contributed by atoms with Gasteiger partial charge in [-0.25, -0.2) is 13.2 Å². The van der Waals surface area contributed by atoms with Gasteiger partial charge in [-0.1, -0.05) is 6.07 Å². The molecule has 1 amide bonds. The second-order valence-corrected chi connectivity index (χ2v) is 6.31. The molecule has 20 heavy (non-hydrogen) atoms. The third-order valence-electron chi connectivity index (χ3n) is 2.95. The Bertz CT molecular complexity index is 641. The van der Waals surface area contributed by atoms with Crippen LogP contribution in [0.2, 0.25) is 0 Å². The number of carboxylic acid groups (broad SMARTS) is 1. The van der Waals surface area contributed by atoms with Crippen molar-refractivity contribution in [3.63, 3.8) is 0 Å². The zero-order valence-corrected chi connectivity index (χ0v) is 11.4. The molecule has 0 saturated carbocycles. The van der Waals surface area contributed by atoms with Gasteiger partial charge < -0.3 is 10.4 Å². The summed E-state index contributed by atoms with van der Waals surface area (Å²) in [6.45, 7) is 0.401. The molecule has 0 aromatic heterocycles. The van der Waals surface area contributed by atoms with Gasteiger partial charge in [-0.05, 0) is 24.6 Å². The Kier molecular flexibility index (Phi) is 4.05. The van der Waals surface area contributed by atoms with Gasteiger partial charge in [0.25, 0.3) is 0 Å². The van der Waals surface area contributed by atoms with E-state index < -0.39 is 16.0 Å². The first-order valence-corrected chi connectivity index (χ1v) is 7.45. The average Bonchev–Trinajstić information content (AvgIpc) is 2.64. The predicted molar refractivity (Wildman–Crippen MR) is 69.8 cm³/mol. The van der Waals surface area contributed by atoms with E-state index in [-0.39, 0.29) is 29.5 Å². The average molecular weight is 298 g/mol. The van der Waals surface area contributed by atoms with Gasteiger partial charge in [-0.3, -0.25) is 4.79 Å². The fourth-order valence-corrected chi connectivity index (χ4v) is 3.40. The van der Waals surface area contributed by atoms with Gasteiger partial charge in [0, 0.05) is 13.1 Å². The molecule has 1 fully saturated rings. The number of amides is 1. The maximum absolute atomic E-state index is 12.4. The number of rotatable bonds is 3. The number of carboxylic acids is 1. The number of nitrogens with zero attached hydrogens (tertiary/aromatic N) is 1. The van der Waals surface area contributed by atoms with Crippen molar-refractivity contribution in [3.05, 3.63) is 29.8 Å². The molecule has 0 bridgehead atoms. The van der Waals surface area contributed by atoms with Crippen molar-refractivity contribution < 1.29 is 23.1 Å². The smallest absolute Gasteiger partial charge is 0.335 e. The van der Waals surface area contributed by atoms with Crippen LogP contribution in [0.4, 0.5) is 0 Å². The fourth-order valence-electron chi connectivity index (χ4n) is 1.92. The summed E-state index contributed by atoms with van der Waals surface area (Å²) in [6.07, 6.45) is 0.517. The zero-order chi connectivity index (χ0) is 14.8. The minimum atomic E-state index is -3.87. The van der Waals surface area contributed by atoms with Crippen LogP contribution in [0.25, 0.3) is 0 Å². The topological polar surface area (TPSA) is 104 Å². The molecule has 2 N–H and O–H groups in total. The predicted octanol–water partition coefficient (Wildman–Crippen LogP) is -0.105. The lowest BCUT2D eigenvalue weighted by molar-refractivity contribution is -0.120. The van der Waals surface area contributed by atoms with E-state index in [4.69, 9.17) is 5.11 Å². The van der Waals surface area contributed by atoms with Crippen molar-refractivity contribution in [2.75, 3.05) is 19.6 Å². The molecular formula is C12H14N2O5S. The molecule has 0 radical (unpaired) electrons. The Balaban J connectivity index is 2.36. The number of nitrogens with one attached hydrogen (secondary N) is 1. The van der Waals surface area contributed by atoms with E-state index in [1.165, 1.54) is 18.2 Å². The molecule has 1 saturated heterocycles. The highest BCUT2D eigenvalue weighted by Crippen LogP contribution is 2.18. The molecule has 0 unspecified atom stereocenters. The van der Waals surface area contributed by atoms with Gasteiger partial charge in [-0.15, -0.1) is 0 Å². The lowest BCUT2D eigenvalue weighted by Gasteiger charge is -2.18. The van der Waals surface area contributed by atoms with E-state index in [2.05, 4.69) is 5.32 Å². The molecule has 1 aliphatic rings. The molecule has 1 aromatic rings. The van der Waals surface area contributed by atoms with Gasteiger partial charge in [0.1, 0.15) is 0 Å². The highest BCUT2D eigenvalue weighted by atomic mass is 32.2. The Morgan fingerprint density at radius 3 is 2.80 bits per heavy atom. The molecule has 2 rings (SSSR count). The zero-order valence-electron chi connectivity index (χ0n) is 10.6. The van der Waals surface area contributed by atoms with Crippen molar-refractivity contribution in [2.24, 2.45) is 0 Å². The number of hydrogen-bond acceptors (Lipinski definition) is 4. The van der Waals surface area contributed by atoms with Crippen LogP contribution in [-0.4, -0.2) is 49.3 Å². The number of aromatic carboxylic acids is 1. The largest absolute Gasteiger partial charge is 0.478 e. The lowest BCUT2D eigenvalue weighted by Crippen LogP contribution is -2.37. The minimum absolute atomic E-state index is 0.106. The lowest BCUT2D eigenvalue weighted by atomic mass is 10.2. The quantitative estimate of drug-likeness (QED) is 0.810. The monoisotopic (exact) mass is 298 g/mol. The van der Waals surface area contributed by atoms with Crippen molar-refractivity contribution in [1.82, 2.24) is 9.62 Å². The Labute approximate surface area is 116 Å². The van der Waals surface area contributed by atoms with Crippen LogP contribution in [0.5, 0.6) is 0 Å². The van der Waals surface area contributed by atoms with Crippen molar-refractivity contribution >= 4 is 21.9 Å². The molecule has 0 spiro atoms. The van der Waals surface area contributed by atoms with Crippen LogP contribution in [0, 0.1) is 0 Å². The molecule has 1 aliphatic heterocycles. The summed E-state index contributed by atoms with van der Waals surface area (Å²) in [4.78, 5) is 22.2. The Hall–Kier alpha value is -1.93. The summed E-state index contributed by atoms with van der Waals surface area (Å²) in [5.74, 6) is -1.56. The Morgan fingerprint density at radius 1 is 1.35 bits per heavy atom. The van der Waals surface area contributed by atoms with E-state index in [0.717, 1.165) is 10.4 Å². The first-order valence-electron chi connectivity index (χ1n) is 6.01. The van der Waals surface area contributed by atoms with Crippen molar-refractivity contribution in [2.45, 2.75) is 11.3 Å². The SMILES string of the molecule is O=C1CN(S(=O)(=O)c2cccc(C(=O)O)c2)CCCN1. The van der Waals surface area contributed by atoms with Crippen LogP contribution < -0.4 is 5.32 Å². The van der Waals surface area contributed by atoms with Gasteiger partial charge in [-0.2, -0.15) is 4.31 Å². The first kappa shape index (κ1) is 14.5. The first-order chi connectivity index (χ1) is 9.41. The molecule has 1 heterocycles. The fraction of sp³-hybridized carbons (Fsp3) is 0.333.